The average Bonchev–Trinajstić information content (AvgIpc) is 3.71. The molecule has 14 heteroatoms. The van der Waals surface area contributed by atoms with E-state index in [-0.39, 0.29) is 19.3 Å². The predicted molar refractivity (Wildman–Crippen MR) is 178 cm³/mol. The van der Waals surface area contributed by atoms with Gasteiger partial charge in [-0.05, 0) is 11.1 Å². The van der Waals surface area contributed by atoms with E-state index in [1.54, 1.807) is 0 Å². The predicted octanol–water partition coefficient (Wildman–Crippen LogP) is 5.32. The Morgan fingerprint density at radius 3 is 1.72 bits per heavy atom. The SMILES string of the molecule is O=C(OCOC(C(=O)OC1CC2CCC(C1)[N+]21CCCC1)(c1ccccc1)c1ccccc1)OC1COC(c2ccccc2)OC1.O=C([O-])C(F)(F)F. The van der Waals surface area contributed by atoms with Crippen molar-refractivity contribution in [2.24, 2.45) is 0 Å². The summed E-state index contributed by atoms with van der Waals surface area (Å²) in [6.45, 7) is 2.27. The first-order chi connectivity index (χ1) is 25.5. The number of hydrogen-bond acceptors (Lipinski definition) is 10. The second-order valence-corrected chi connectivity index (χ2v) is 13.6. The first kappa shape index (κ1) is 38.2. The van der Waals surface area contributed by atoms with Crippen LogP contribution in [0.5, 0.6) is 0 Å². The number of carboxylic acid groups (broad SMARTS) is 1. The van der Waals surface area contributed by atoms with Crippen molar-refractivity contribution in [1.29, 1.82) is 0 Å². The third kappa shape index (κ3) is 8.67. The quantitative estimate of drug-likeness (QED) is 0.162. The number of benzene rings is 3. The molecule has 7 rings (SSSR count). The van der Waals surface area contributed by atoms with E-state index in [9.17, 15) is 22.8 Å². The van der Waals surface area contributed by atoms with E-state index in [2.05, 4.69) is 0 Å². The minimum atomic E-state index is -5.19. The molecule has 53 heavy (non-hydrogen) atoms. The highest BCUT2D eigenvalue weighted by atomic mass is 19.4. The standard InChI is InChI=1S/C37H42NO8.C2HF3O2/c39-35(45-32-22-30-18-19-31(23-32)38(30)20-10-11-21-38)37(28-14-6-2-7-15-28,29-16-8-3-9-17-29)44-26-43-36(40)46-33-24-41-34(42-25-33)27-12-4-1-5-13-27;3-2(4,5)1(6)7/h1-9,12-17,30-34H,10-11,18-26H2;(H,6,7)/q+1;/p-1. The van der Waals surface area contributed by atoms with Gasteiger partial charge in [-0.1, -0.05) is 91.0 Å². The number of nitrogens with zero attached hydrogens (tertiary/aromatic N) is 1. The maximum Gasteiger partial charge on any atom is 0.510 e. The van der Waals surface area contributed by atoms with Crippen LogP contribution in [0.4, 0.5) is 18.0 Å². The van der Waals surface area contributed by atoms with Gasteiger partial charge in [0.25, 0.3) is 0 Å². The zero-order valence-electron chi connectivity index (χ0n) is 29.0. The summed E-state index contributed by atoms with van der Waals surface area (Å²) < 4.78 is 67.9. The van der Waals surface area contributed by atoms with Crippen molar-refractivity contribution in [2.45, 2.75) is 80.9 Å². The molecule has 0 aromatic heterocycles. The number of carbonyl (C=O) groups is 3. The van der Waals surface area contributed by atoms with E-state index in [4.69, 9.17) is 38.3 Å². The second-order valence-electron chi connectivity index (χ2n) is 13.6. The fraction of sp³-hybridized carbons (Fsp3) is 0.462. The van der Waals surface area contributed by atoms with Crippen molar-refractivity contribution >= 4 is 18.1 Å². The van der Waals surface area contributed by atoms with Crippen molar-refractivity contribution in [3.8, 4) is 0 Å². The largest absolute Gasteiger partial charge is 0.542 e. The molecule has 0 radical (unpaired) electrons. The summed E-state index contributed by atoms with van der Waals surface area (Å²) in [6.07, 6.45) is -0.817. The fourth-order valence-electron chi connectivity index (χ4n) is 8.21. The molecule has 4 heterocycles. The Bertz CT molecular complexity index is 1610. The molecule has 3 aromatic rings. The molecule has 0 aliphatic carbocycles. The first-order valence-electron chi connectivity index (χ1n) is 17.7. The van der Waals surface area contributed by atoms with Crippen molar-refractivity contribution in [1.82, 2.24) is 0 Å². The van der Waals surface area contributed by atoms with Crippen LogP contribution in [0, 0.1) is 0 Å². The van der Waals surface area contributed by atoms with Gasteiger partial charge in [0.1, 0.15) is 12.1 Å². The van der Waals surface area contributed by atoms with Crippen LogP contribution in [-0.4, -0.2) is 86.1 Å². The molecule has 4 aliphatic rings. The molecular formula is C39H42F3NO10. The lowest BCUT2D eigenvalue weighted by Crippen LogP contribution is -2.60. The lowest BCUT2D eigenvalue weighted by molar-refractivity contribution is -0.956. The Hall–Kier alpha value is -4.50. The Morgan fingerprint density at radius 1 is 0.736 bits per heavy atom. The highest BCUT2D eigenvalue weighted by Gasteiger charge is 2.57. The van der Waals surface area contributed by atoms with Crippen LogP contribution in [0.1, 0.15) is 61.5 Å². The van der Waals surface area contributed by atoms with Gasteiger partial charge >= 0.3 is 18.3 Å². The summed E-state index contributed by atoms with van der Waals surface area (Å²) >= 11 is 0. The Balaban J connectivity index is 0.000000626. The van der Waals surface area contributed by atoms with Crippen LogP contribution in [0.25, 0.3) is 0 Å². The normalized spacial score (nSPS) is 24.8. The fourth-order valence-corrected chi connectivity index (χ4v) is 8.21. The van der Waals surface area contributed by atoms with Crippen molar-refractivity contribution in [3.05, 3.63) is 108 Å². The number of piperidine rings is 1. The summed E-state index contributed by atoms with van der Waals surface area (Å²) in [5.41, 5.74) is 0.413. The molecule has 0 N–H and O–H groups in total. The number of quaternary nitrogens is 1. The van der Waals surface area contributed by atoms with Crippen LogP contribution in [0.3, 0.4) is 0 Å². The van der Waals surface area contributed by atoms with Crippen molar-refractivity contribution < 1.29 is 65.6 Å². The van der Waals surface area contributed by atoms with E-state index in [0.717, 1.165) is 18.4 Å². The second kappa shape index (κ2) is 16.7. The van der Waals surface area contributed by atoms with Crippen molar-refractivity contribution in [2.75, 3.05) is 33.1 Å². The smallest absolute Gasteiger partial charge is 0.510 e. The van der Waals surface area contributed by atoms with E-state index in [0.29, 0.717) is 23.2 Å². The summed E-state index contributed by atoms with van der Waals surface area (Å²) in [7, 11) is 0. The summed E-state index contributed by atoms with van der Waals surface area (Å²) in [6, 6.07) is 29.2. The first-order valence-corrected chi connectivity index (χ1v) is 17.7. The van der Waals surface area contributed by atoms with Gasteiger partial charge in [-0.2, -0.15) is 13.2 Å². The molecule has 2 bridgehead atoms. The van der Waals surface area contributed by atoms with Crippen LogP contribution in [-0.2, 0) is 43.6 Å². The number of halogens is 3. The summed E-state index contributed by atoms with van der Waals surface area (Å²) in [4.78, 5) is 36.0. The van der Waals surface area contributed by atoms with Gasteiger partial charge in [0.05, 0.1) is 38.4 Å². The van der Waals surface area contributed by atoms with Crippen LogP contribution in [0.2, 0.25) is 0 Å². The van der Waals surface area contributed by atoms with Crippen LogP contribution in [0.15, 0.2) is 91.0 Å². The van der Waals surface area contributed by atoms with E-state index in [1.165, 1.54) is 43.3 Å². The van der Waals surface area contributed by atoms with Gasteiger partial charge in [-0.15, -0.1) is 0 Å². The molecule has 2 unspecified atom stereocenters. The molecule has 1 spiro atoms. The van der Waals surface area contributed by atoms with Crippen molar-refractivity contribution in [3.63, 3.8) is 0 Å². The molecule has 4 fully saturated rings. The molecule has 2 atom stereocenters. The highest BCUT2D eigenvalue weighted by Crippen LogP contribution is 2.47. The lowest BCUT2D eigenvalue weighted by Gasteiger charge is -2.47. The third-order valence-corrected chi connectivity index (χ3v) is 10.6. The number of alkyl halides is 3. The molecule has 0 saturated carbocycles. The minimum absolute atomic E-state index is 0.156. The van der Waals surface area contributed by atoms with Gasteiger partial charge < -0.3 is 42.8 Å². The number of rotatable bonds is 9. The Kier molecular flexibility index (Phi) is 12.0. The van der Waals surface area contributed by atoms with Crippen LogP contribution < -0.4 is 5.11 Å². The number of aliphatic carboxylic acids is 1. The van der Waals surface area contributed by atoms with E-state index in [1.807, 2.05) is 91.0 Å². The Morgan fingerprint density at radius 2 is 1.23 bits per heavy atom. The maximum atomic E-state index is 14.5. The van der Waals surface area contributed by atoms with Crippen LogP contribution >= 0.6 is 0 Å². The molecule has 11 nitrogen and oxygen atoms in total. The minimum Gasteiger partial charge on any atom is -0.542 e. The molecule has 4 aliphatic heterocycles. The third-order valence-electron chi connectivity index (χ3n) is 10.6. The molecular weight excluding hydrogens is 699 g/mol. The number of esters is 1. The number of carboxylic acids is 1. The van der Waals surface area contributed by atoms with Gasteiger partial charge in [0, 0.05) is 44.1 Å². The highest BCUT2D eigenvalue weighted by molar-refractivity contribution is 5.86. The van der Waals surface area contributed by atoms with Gasteiger partial charge in [-0.3, -0.25) is 0 Å². The lowest BCUT2D eigenvalue weighted by atomic mass is 9.85. The topological polar surface area (TPSA) is 130 Å². The number of carbonyl (C=O) groups excluding carboxylic acids is 3. The Labute approximate surface area is 305 Å². The number of hydrogen-bond donors (Lipinski definition) is 0. The average molecular weight is 742 g/mol. The van der Waals surface area contributed by atoms with Gasteiger partial charge in [0.15, 0.2) is 19.2 Å². The maximum absolute atomic E-state index is 14.5. The monoisotopic (exact) mass is 741 g/mol. The molecule has 4 saturated heterocycles. The summed E-state index contributed by atoms with van der Waals surface area (Å²) in [5.74, 6) is -3.52. The van der Waals surface area contributed by atoms with Gasteiger partial charge in [-0.25, -0.2) is 9.59 Å². The molecule has 284 valence electrons. The zero-order valence-corrected chi connectivity index (χ0v) is 29.0. The zero-order chi connectivity index (χ0) is 37.5. The van der Waals surface area contributed by atoms with E-state index < -0.39 is 49.1 Å². The van der Waals surface area contributed by atoms with E-state index >= 15 is 0 Å². The summed E-state index contributed by atoms with van der Waals surface area (Å²) in [5, 5.41) is 8.78. The van der Waals surface area contributed by atoms with Gasteiger partial charge in [0.2, 0.25) is 5.60 Å². The number of ether oxygens (including phenoxy) is 6. The molecule has 3 aromatic carbocycles. The molecule has 0 amide bonds.